The van der Waals surface area contributed by atoms with Gasteiger partial charge in [0.1, 0.15) is 24.1 Å². The topological polar surface area (TPSA) is 94.9 Å². The number of rotatable bonds is 13. The third-order valence-corrected chi connectivity index (χ3v) is 7.01. The lowest BCUT2D eigenvalue weighted by molar-refractivity contribution is -0.201. The van der Waals surface area contributed by atoms with Gasteiger partial charge >= 0.3 is 0 Å². The number of pyridine rings is 1. The zero-order valence-electron chi connectivity index (χ0n) is 23.6. The number of nitriles is 1. The molecule has 4 aromatic rings. The van der Waals surface area contributed by atoms with E-state index in [1.807, 2.05) is 91.0 Å². The van der Waals surface area contributed by atoms with Gasteiger partial charge in [-0.05, 0) is 22.8 Å². The first kappa shape index (κ1) is 29.2. The van der Waals surface area contributed by atoms with E-state index in [1.165, 1.54) is 7.11 Å². The van der Waals surface area contributed by atoms with Crippen LogP contribution in [0.2, 0.25) is 0 Å². The third-order valence-electron chi connectivity index (χ3n) is 7.01. The maximum absolute atomic E-state index is 9.53. The first-order chi connectivity index (χ1) is 20.7. The molecule has 3 aromatic carbocycles. The smallest absolute Gasteiger partial charge is 0.216 e. The number of nitrogens with zero attached hydrogens (tertiary/aromatic N) is 2. The molecule has 1 fully saturated rings. The van der Waals surface area contributed by atoms with E-state index < -0.39 is 12.2 Å². The molecule has 0 bridgehead atoms. The molecule has 0 aliphatic carbocycles. The number of benzene rings is 3. The molecule has 1 aliphatic heterocycles. The van der Waals surface area contributed by atoms with E-state index >= 15 is 0 Å². The van der Waals surface area contributed by atoms with E-state index in [1.54, 1.807) is 12.1 Å². The molecule has 1 aliphatic rings. The summed E-state index contributed by atoms with van der Waals surface area (Å²) < 4.78 is 31.0. The maximum atomic E-state index is 9.53. The van der Waals surface area contributed by atoms with Crippen LogP contribution in [0, 0.1) is 11.3 Å². The fraction of sp³-hybridized carbons (Fsp3) is 0.294. The second-order valence-corrected chi connectivity index (χ2v) is 10.0. The highest BCUT2D eigenvalue weighted by Crippen LogP contribution is 2.27. The monoisotopic (exact) mass is 565 g/mol. The summed E-state index contributed by atoms with van der Waals surface area (Å²) in [5, 5.41) is 13.0. The molecule has 0 amide bonds. The van der Waals surface area contributed by atoms with Gasteiger partial charge < -0.3 is 29.0 Å². The Balaban J connectivity index is 1.39. The molecule has 1 aromatic heterocycles. The first-order valence-electron chi connectivity index (χ1n) is 14.0. The Bertz CT molecular complexity index is 1420. The summed E-state index contributed by atoms with van der Waals surface area (Å²) in [5.41, 5.74) is 3.62. The normalized spacial score (nSPS) is 20.0. The molecule has 0 radical (unpaired) electrons. The minimum absolute atomic E-state index is 0.324. The number of hydrogen-bond donors (Lipinski definition) is 1. The van der Waals surface area contributed by atoms with Crippen LogP contribution in [0.15, 0.2) is 103 Å². The van der Waals surface area contributed by atoms with Crippen molar-refractivity contribution < 1.29 is 23.7 Å². The van der Waals surface area contributed by atoms with E-state index in [9.17, 15) is 5.26 Å². The van der Waals surface area contributed by atoms with Crippen molar-refractivity contribution in [2.75, 3.05) is 25.6 Å². The third kappa shape index (κ3) is 8.15. The average molecular weight is 566 g/mol. The van der Waals surface area contributed by atoms with Crippen LogP contribution in [0.1, 0.15) is 22.3 Å². The summed E-state index contributed by atoms with van der Waals surface area (Å²) in [7, 11) is 1.52. The van der Waals surface area contributed by atoms with Crippen molar-refractivity contribution >= 4 is 5.82 Å². The molecule has 8 nitrogen and oxygen atoms in total. The zero-order chi connectivity index (χ0) is 29.0. The fourth-order valence-electron chi connectivity index (χ4n) is 4.88. The molecule has 5 rings (SSSR count). The Morgan fingerprint density at radius 2 is 1.38 bits per heavy atom. The first-order valence-corrected chi connectivity index (χ1v) is 14.0. The lowest BCUT2D eigenvalue weighted by Gasteiger charge is -2.42. The van der Waals surface area contributed by atoms with Gasteiger partial charge in [-0.1, -0.05) is 91.0 Å². The molecule has 4 atom stereocenters. The summed E-state index contributed by atoms with van der Waals surface area (Å²) in [4.78, 5) is 4.51. The standard InChI is InChI=1S/C34H35N3O5/c1-38-32-18-28(19-35)17-31(37-32)36-29-23-40-30(24-39-20-25-11-5-2-6-12-25)34(42-22-27-15-9-4-10-16-27)33(29)41-21-26-13-7-3-8-14-26/h2-18,29-30,33-34H,20-24H2,1H3,(H,36,37)/t29-,30+,33+,34-/m0/s1. The minimum Gasteiger partial charge on any atom is -0.481 e. The van der Waals surface area contributed by atoms with E-state index in [4.69, 9.17) is 23.7 Å². The average Bonchev–Trinajstić information content (AvgIpc) is 3.05. The highest BCUT2D eigenvalue weighted by atomic mass is 16.6. The predicted molar refractivity (Wildman–Crippen MR) is 159 cm³/mol. The second-order valence-electron chi connectivity index (χ2n) is 10.0. The Morgan fingerprint density at radius 1 is 0.810 bits per heavy atom. The largest absolute Gasteiger partial charge is 0.481 e. The molecule has 0 saturated carbocycles. The predicted octanol–water partition coefficient (Wildman–Crippen LogP) is 5.53. The van der Waals surface area contributed by atoms with Gasteiger partial charge in [-0.15, -0.1) is 0 Å². The molecular weight excluding hydrogens is 530 g/mol. The van der Waals surface area contributed by atoms with Crippen LogP contribution in [0.5, 0.6) is 5.88 Å². The number of ether oxygens (including phenoxy) is 5. The highest BCUT2D eigenvalue weighted by molar-refractivity contribution is 5.47. The highest BCUT2D eigenvalue weighted by Gasteiger charge is 2.42. The van der Waals surface area contributed by atoms with Gasteiger partial charge in [0.2, 0.25) is 5.88 Å². The lowest BCUT2D eigenvalue weighted by Crippen LogP contribution is -2.59. The maximum Gasteiger partial charge on any atom is 0.216 e. The van der Waals surface area contributed by atoms with Gasteiger partial charge in [-0.25, -0.2) is 0 Å². The number of anilines is 1. The minimum atomic E-state index is -0.461. The Labute approximate surface area is 246 Å². The summed E-state index contributed by atoms with van der Waals surface area (Å²) in [6.45, 7) is 1.90. The van der Waals surface area contributed by atoms with Crippen LogP contribution in [-0.4, -0.2) is 49.7 Å². The van der Waals surface area contributed by atoms with Crippen molar-refractivity contribution in [1.29, 1.82) is 5.26 Å². The number of methoxy groups -OCH3 is 1. The van der Waals surface area contributed by atoms with E-state index in [2.05, 4.69) is 16.4 Å². The van der Waals surface area contributed by atoms with Gasteiger partial charge in [0.25, 0.3) is 0 Å². The zero-order valence-corrected chi connectivity index (χ0v) is 23.6. The molecule has 2 heterocycles. The van der Waals surface area contributed by atoms with Gasteiger partial charge in [0.15, 0.2) is 0 Å². The number of aromatic nitrogens is 1. The van der Waals surface area contributed by atoms with Crippen molar-refractivity contribution in [2.24, 2.45) is 0 Å². The molecule has 1 saturated heterocycles. The van der Waals surface area contributed by atoms with Crippen molar-refractivity contribution in [3.63, 3.8) is 0 Å². The van der Waals surface area contributed by atoms with Crippen molar-refractivity contribution in [2.45, 2.75) is 44.2 Å². The number of hydrogen-bond acceptors (Lipinski definition) is 8. The van der Waals surface area contributed by atoms with Crippen LogP contribution in [0.3, 0.4) is 0 Å². The molecule has 1 N–H and O–H groups in total. The van der Waals surface area contributed by atoms with Crippen LogP contribution in [0.4, 0.5) is 5.82 Å². The molecule has 216 valence electrons. The van der Waals surface area contributed by atoms with Gasteiger partial charge in [0.05, 0.1) is 57.8 Å². The second kappa shape index (κ2) is 15.1. The van der Waals surface area contributed by atoms with E-state index in [0.717, 1.165) is 16.7 Å². The van der Waals surface area contributed by atoms with Gasteiger partial charge in [-0.3, -0.25) is 0 Å². The van der Waals surface area contributed by atoms with Gasteiger partial charge in [0, 0.05) is 6.07 Å². The Kier molecular flexibility index (Phi) is 10.5. The molecular formula is C34H35N3O5. The van der Waals surface area contributed by atoms with Crippen molar-refractivity contribution in [1.82, 2.24) is 4.98 Å². The summed E-state index contributed by atoms with van der Waals surface area (Å²) in [6, 6.07) is 35.2. The SMILES string of the molecule is COc1cc(C#N)cc(N[C@H]2CO[C@H](COCc3ccccc3)[C@H](OCc3ccccc3)[C@@H]2OCc2ccccc2)n1. The fourth-order valence-corrected chi connectivity index (χ4v) is 4.88. The van der Waals surface area contributed by atoms with Gasteiger partial charge in [-0.2, -0.15) is 10.2 Å². The van der Waals surface area contributed by atoms with Crippen LogP contribution in [-0.2, 0) is 38.8 Å². The van der Waals surface area contributed by atoms with Crippen LogP contribution < -0.4 is 10.1 Å². The summed E-state index contributed by atoms with van der Waals surface area (Å²) in [6.07, 6.45) is -1.26. The van der Waals surface area contributed by atoms with Crippen molar-refractivity contribution in [3.05, 3.63) is 125 Å². The summed E-state index contributed by atoms with van der Waals surface area (Å²) >= 11 is 0. The molecule has 0 spiro atoms. The Morgan fingerprint density at radius 3 is 1.95 bits per heavy atom. The van der Waals surface area contributed by atoms with E-state index in [0.29, 0.717) is 50.3 Å². The lowest BCUT2D eigenvalue weighted by atomic mass is 9.97. The van der Waals surface area contributed by atoms with Crippen LogP contribution >= 0.6 is 0 Å². The van der Waals surface area contributed by atoms with Crippen molar-refractivity contribution in [3.8, 4) is 11.9 Å². The molecule has 42 heavy (non-hydrogen) atoms. The molecule has 8 heteroatoms. The Hall–Kier alpha value is -4.26. The summed E-state index contributed by atoms with van der Waals surface area (Å²) in [5.74, 6) is 0.840. The quantitative estimate of drug-likeness (QED) is 0.226. The van der Waals surface area contributed by atoms with Crippen LogP contribution in [0.25, 0.3) is 0 Å². The number of nitrogens with one attached hydrogen (secondary N) is 1. The van der Waals surface area contributed by atoms with E-state index in [-0.39, 0.29) is 12.1 Å². The molecule has 0 unspecified atom stereocenters.